The maximum Gasteiger partial charge on any atom is 0.411 e. The third-order valence-corrected chi connectivity index (χ3v) is 5.75. The molecule has 0 spiro atoms. The van der Waals surface area contributed by atoms with Crippen molar-refractivity contribution in [2.24, 2.45) is 10.9 Å². The zero-order valence-corrected chi connectivity index (χ0v) is 20.6. The Balaban J connectivity index is 0.00000363. The Morgan fingerprint density at radius 2 is 1.94 bits per heavy atom. The van der Waals surface area contributed by atoms with Crippen LogP contribution in [-0.2, 0) is 22.7 Å². The number of hydrogen-bond donors (Lipinski definition) is 2. The second-order valence-corrected chi connectivity index (χ2v) is 8.25. The molecular formula is C22H32F3IN4O2. The van der Waals surface area contributed by atoms with E-state index in [1.165, 1.54) is 0 Å². The lowest BCUT2D eigenvalue weighted by molar-refractivity contribution is -0.176. The number of nitrogens with zero attached hydrogens (tertiary/aromatic N) is 2. The van der Waals surface area contributed by atoms with Gasteiger partial charge in [-0.25, -0.2) is 0 Å². The zero-order chi connectivity index (χ0) is 22.3. The van der Waals surface area contributed by atoms with Gasteiger partial charge < -0.3 is 20.3 Å². The van der Waals surface area contributed by atoms with Crippen LogP contribution in [0.2, 0.25) is 0 Å². The van der Waals surface area contributed by atoms with Crippen LogP contribution in [-0.4, -0.2) is 55.7 Å². The number of carbonyl (C=O) groups excluding carboxylic acids is 1. The van der Waals surface area contributed by atoms with E-state index in [1.807, 2.05) is 17.0 Å². The molecule has 0 bridgehead atoms. The summed E-state index contributed by atoms with van der Waals surface area (Å²) in [7, 11) is 1.69. The SMILES string of the molecule is CN=C(NCc1cccc(COCC(F)(F)F)c1)NC1CCN(C(=O)C2CCCC2)C1.I. The van der Waals surface area contributed by atoms with Crippen LogP contribution in [0.3, 0.4) is 0 Å². The van der Waals surface area contributed by atoms with Gasteiger partial charge in [0.1, 0.15) is 6.61 Å². The van der Waals surface area contributed by atoms with E-state index in [2.05, 4.69) is 15.6 Å². The van der Waals surface area contributed by atoms with E-state index in [4.69, 9.17) is 4.74 Å². The summed E-state index contributed by atoms with van der Waals surface area (Å²) in [5.41, 5.74) is 1.60. The highest BCUT2D eigenvalue weighted by Gasteiger charge is 2.32. The van der Waals surface area contributed by atoms with E-state index >= 15 is 0 Å². The summed E-state index contributed by atoms with van der Waals surface area (Å²) in [6.45, 7) is 0.581. The van der Waals surface area contributed by atoms with E-state index in [-0.39, 0.29) is 48.5 Å². The molecule has 1 aromatic rings. The number of aliphatic imine (C=N–C) groups is 1. The lowest BCUT2D eigenvalue weighted by Gasteiger charge is -2.21. The number of hydrogen-bond acceptors (Lipinski definition) is 3. The summed E-state index contributed by atoms with van der Waals surface area (Å²) in [5.74, 6) is 1.12. The molecule has 10 heteroatoms. The minimum atomic E-state index is -4.32. The van der Waals surface area contributed by atoms with Gasteiger partial charge in [-0.1, -0.05) is 37.1 Å². The first kappa shape index (κ1) is 26.7. The Morgan fingerprint density at radius 3 is 2.62 bits per heavy atom. The molecule has 1 aliphatic heterocycles. The first-order chi connectivity index (χ1) is 14.8. The van der Waals surface area contributed by atoms with Crippen molar-refractivity contribution in [1.29, 1.82) is 0 Å². The highest BCUT2D eigenvalue weighted by atomic mass is 127. The van der Waals surface area contributed by atoms with Gasteiger partial charge in [0.05, 0.1) is 6.61 Å². The van der Waals surface area contributed by atoms with Gasteiger partial charge in [0.2, 0.25) is 5.91 Å². The van der Waals surface area contributed by atoms with Gasteiger partial charge in [0, 0.05) is 38.6 Å². The van der Waals surface area contributed by atoms with Gasteiger partial charge in [-0.15, -0.1) is 24.0 Å². The summed E-state index contributed by atoms with van der Waals surface area (Å²) < 4.78 is 41.4. The minimum Gasteiger partial charge on any atom is -0.367 e. The highest BCUT2D eigenvalue weighted by molar-refractivity contribution is 14.0. The quantitative estimate of drug-likeness (QED) is 0.298. The number of likely N-dealkylation sites (tertiary alicyclic amines) is 1. The van der Waals surface area contributed by atoms with Gasteiger partial charge in [0.25, 0.3) is 0 Å². The van der Waals surface area contributed by atoms with Gasteiger partial charge in [-0.2, -0.15) is 13.2 Å². The molecular weight excluding hydrogens is 536 g/mol. The number of guanidine groups is 1. The molecule has 2 N–H and O–H groups in total. The second kappa shape index (κ2) is 12.6. The Hall–Kier alpha value is -1.56. The zero-order valence-electron chi connectivity index (χ0n) is 18.3. The largest absolute Gasteiger partial charge is 0.411 e. The summed E-state index contributed by atoms with van der Waals surface area (Å²) >= 11 is 0. The molecule has 3 rings (SSSR count). The summed E-state index contributed by atoms with van der Waals surface area (Å²) in [4.78, 5) is 18.8. The number of carbonyl (C=O) groups is 1. The number of nitrogens with one attached hydrogen (secondary N) is 2. The number of halogens is 4. The number of rotatable bonds is 7. The summed E-state index contributed by atoms with van der Waals surface area (Å²) in [6, 6.07) is 7.39. The van der Waals surface area contributed by atoms with Crippen LogP contribution in [0.1, 0.15) is 43.2 Å². The van der Waals surface area contributed by atoms with E-state index < -0.39 is 12.8 Å². The molecule has 0 radical (unpaired) electrons. The Labute approximate surface area is 204 Å². The highest BCUT2D eigenvalue weighted by Crippen LogP contribution is 2.27. The molecule has 2 fully saturated rings. The van der Waals surface area contributed by atoms with Crippen molar-refractivity contribution in [1.82, 2.24) is 15.5 Å². The molecule has 1 heterocycles. The standard InChI is InChI=1S/C22H31F3N4O2.HI/c1-26-21(28-19-9-10-29(13-19)20(30)18-7-2-3-8-18)27-12-16-5-4-6-17(11-16)14-31-15-22(23,24)25;/h4-6,11,18-19H,2-3,7-10,12-15H2,1H3,(H2,26,27,28);1H. The van der Waals surface area contributed by atoms with Crippen LogP contribution in [0.15, 0.2) is 29.3 Å². The van der Waals surface area contributed by atoms with E-state index in [0.29, 0.717) is 24.6 Å². The molecule has 1 saturated carbocycles. The van der Waals surface area contributed by atoms with Crippen LogP contribution in [0.5, 0.6) is 0 Å². The van der Waals surface area contributed by atoms with E-state index in [9.17, 15) is 18.0 Å². The first-order valence-corrected chi connectivity index (χ1v) is 10.8. The third-order valence-electron chi connectivity index (χ3n) is 5.75. The topological polar surface area (TPSA) is 66.0 Å². The van der Waals surface area contributed by atoms with Gasteiger partial charge in [-0.3, -0.25) is 9.79 Å². The van der Waals surface area contributed by atoms with Crippen LogP contribution < -0.4 is 10.6 Å². The predicted octanol–water partition coefficient (Wildman–Crippen LogP) is 3.84. The average Bonchev–Trinajstić information content (AvgIpc) is 3.42. The van der Waals surface area contributed by atoms with Crippen molar-refractivity contribution >= 4 is 35.8 Å². The molecule has 1 atom stereocenters. The van der Waals surface area contributed by atoms with Gasteiger partial charge in [-0.05, 0) is 30.4 Å². The Morgan fingerprint density at radius 1 is 1.22 bits per heavy atom. The van der Waals surface area contributed by atoms with Crippen molar-refractivity contribution in [3.05, 3.63) is 35.4 Å². The van der Waals surface area contributed by atoms with Crippen LogP contribution in [0.4, 0.5) is 13.2 Å². The lowest BCUT2D eigenvalue weighted by Crippen LogP contribution is -2.45. The van der Waals surface area contributed by atoms with Crippen molar-refractivity contribution < 1.29 is 22.7 Å². The van der Waals surface area contributed by atoms with Crippen molar-refractivity contribution in [3.63, 3.8) is 0 Å². The normalized spacial score (nSPS) is 19.7. The van der Waals surface area contributed by atoms with Crippen LogP contribution >= 0.6 is 24.0 Å². The van der Waals surface area contributed by atoms with Gasteiger partial charge in [0.15, 0.2) is 5.96 Å². The molecule has 1 aliphatic carbocycles. The second-order valence-electron chi connectivity index (χ2n) is 8.25. The Bertz CT molecular complexity index is 770. The summed E-state index contributed by atoms with van der Waals surface area (Å²) in [6.07, 6.45) is 0.879. The molecule has 180 valence electrons. The number of alkyl halides is 3. The molecule has 32 heavy (non-hydrogen) atoms. The molecule has 0 aromatic heterocycles. The van der Waals surface area contributed by atoms with Gasteiger partial charge >= 0.3 is 6.18 Å². The van der Waals surface area contributed by atoms with Crippen LogP contribution in [0, 0.1) is 5.92 Å². The van der Waals surface area contributed by atoms with Crippen molar-refractivity contribution in [2.75, 3.05) is 26.7 Å². The predicted molar refractivity (Wildman–Crippen MR) is 128 cm³/mol. The maximum atomic E-state index is 12.6. The van der Waals surface area contributed by atoms with Crippen LogP contribution in [0.25, 0.3) is 0 Å². The fourth-order valence-electron chi connectivity index (χ4n) is 4.20. The lowest BCUT2D eigenvalue weighted by atomic mass is 10.1. The number of amides is 1. The molecule has 1 unspecified atom stereocenters. The molecule has 1 saturated heterocycles. The van der Waals surface area contributed by atoms with E-state index in [1.54, 1.807) is 19.2 Å². The third kappa shape index (κ3) is 8.42. The fourth-order valence-corrected chi connectivity index (χ4v) is 4.20. The minimum absolute atomic E-state index is 0. The van der Waals surface area contributed by atoms with Crippen molar-refractivity contribution in [2.45, 2.75) is 57.5 Å². The molecule has 2 aliphatic rings. The molecule has 1 aromatic carbocycles. The number of ether oxygens (including phenoxy) is 1. The maximum absolute atomic E-state index is 12.6. The summed E-state index contributed by atoms with van der Waals surface area (Å²) in [5, 5.41) is 6.61. The first-order valence-electron chi connectivity index (χ1n) is 10.8. The fraction of sp³-hybridized carbons (Fsp3) is 0.636. The Kier molecular flexibility index (Phi) is 10.5. The number of benzene rings is 1. The molecule has 1 amide bonds. The van der Waals surface area contributed by atoms with Crippen molar-refractivity contribution in [3.8, 4) is 0 Å². The van der Waals surface area contributed by atoms with E-state index in [0.717, 1.165) is 44.2 Å². The average molecular weight is 568 g/mol. The monoisotopic (exact) mass is 568 g/mol. The molecule has 6 nitrogen and oxygen atoms in total. The smallest absolute Gasteiger partial charge is 0.367 e.